The zero-order chi connectivity index (χ0) is 18.6. The van der Waals surface area contributed by atoms with Crippen LogP contribution in [0.15, 0.2) is 17.8 Å². The number of imide groups is 1. The zero-order valence-corrected chi connectivity index (χ0v) is 14.7. The number of hydrogen-bond donors (Lipinski definition) is 1. The predicted molar refractivity (Wildman–Crippen MR) is 89.4 cm³/mol. The number of benzene rings is 1. The standard InChI is InChI=1S/C16H17ClN2O6/c1-4-25-12-7-9(5-10(17)14(12)24-3)6-11-15(21)19(16(22)18-11)8-13(20)23-2/h5-7H,4,8H2,1-3H3,(H,18,22)/b11-6+. The number of ether oxygens (including phenoxy) is 3. The number of nitrogens with one attached hydrogen (secondary N) is 1. The van der Waals surface area contributed by atoms with Gasteiger partial charge in [0.2, 0.25) is 0 Å². The van der Waals surface area contributed by atoms with Crippen LogP contribution in [0.5, 0.6) is 11.5 Å². The molecule has 0 bridgehead atoms. The van der Waals surface area contributed by atoms with Crippen LogP contribution in [-0.2, 0) is 14.3 Å². The largest absolute Gasteiger partial charge is 0.491 e. The summed E-state index contributed by atoms with van der Waals surface area (Å²) in [5.41, 5.74) is 0.537. The van der Waals surface area contributed by atoms with Gasteiger partial charge in [0.1, 0.15) is 12.2 Å². The average Bonchev–Trinajstić information content (AvgIpc) is 2.82. The fraction of sp³-hybridized carbons (Fsp3) is 0.312. The van der Waals surface area contributed by atoms with Gasteiger partial charge < -0.3 is 19.5 Å². The van der Waals surface area contributed by atoms with Crippen molar-refractivity contribution in [3.8, 4) is 11.5 Å². The molecular weight excluding hydrogens is 352 g/mol. The van der Waals surface area contributed by atoms with Crippen molar-refractivity contribution in [2.24, 2.45) is 0 Å². The molecule has 0 radical (unpaired) electrons. The summed E-state index contributed by atoms with van der Waals surface area (Å²) in [6, 6.07) is 2.49. The molecule has 1 aromatic rings. The topological polar surface area (TPSA) is 94.2 Å². The Morgan fingerprint density at radius 3 is 2.64 bits per heavy atom. The van der Waals surface area contributed by atoms with Crippen molar-refractivity contribution in [3.63, 3.8) is 0 Å². The van der Waals surface area contributed by atoms with Gasteiger partial charge in [0.25, 0.3) is 5.91 Å². The minimum absolute atomic E-state index is 0.0117. The highest BCUT2D eigenvalue weighted by Crippen LogP contribution is 2.37. The van der Waals surface area contributed by atoms with E-state index in [0.29, 0.717) is 28.7 Å². The highest BCUT2D eigenvalue weighted by atomic mass is 35.5. The number of hydrogen-bond acceptors (Lipinski definition) is 6. The second-order valence-corrected chi connectivity index (χ2v) is 5.33. The Morgan fingerprint density at radius 2 is 2.04 bits per heavy atom. The summed E-state index contributed by atoms with van der Waals surface area (Å²) in [5, 5.41) is 2.70. The van der Waals surface area contributed by atoms with Gasteiger partial charge in [-0.15, -0.1) is 0 Å². The molecular formula is C16H17ClN2O6. The van der Waals surface area contributed by atoms with E-state index >= 15 is 0 Å². The molecule has 25 heavy (non-hydrogen) atoms. The number of amides is 3. The summed E-state index contributed by atoms with van der Waals surface area (Å²) in [5.74, 6) is -0.552. The van der Waals surface area contributed by atoms with Gasteiger partial charge in [0.05, 0.1) is 25.8 Å². The molecule has 1 heterocycles. The number of methoxy groups -OCH3 is 2. The summed E-state index contributed by atoms with van der Waals surface area (Å²) < 4.78 is 15.1. The van der Waals surface area contributed by atoms with E-state index in [1.54, 1.807) is 12.1 Å². The first kappa shape index (κ1) is 18.6. The van der Waals surface area contributed by atoms with Gasteiger partial charge in [-0.2, -0.15) is 0 Å². The van der Waals surface area contributed by atoms with E-state index in [0.717, 1.165) is 4.90 Å². The molecule has 1 saturated heterocycles. The molecule has 0 saturated carbocycles. The fourth-order valence-corrected chi connectivity index (χ4v) is 2.50. The van der Waals surface area contributed by atoms with Crippen LogP contribution in [-0.4, -0.2) is 50.2 Å². The molecule has 3 amide bonds. The summed E-state index contributed by atoms with van der Waals surface area (Å²) in [6.45, 7) is 1.74. The van der Waals surface area contributed by atoms with Crippen LogP contribution in [0.4, 0.5) is 4.79 Å². The molecule has 1 N–H and O–H groups in total. The van der Waals surface area contributed by atoms with Gasteiger partial charge in [-0.3, -0.25) is 9.59 Å². The molecule has 0 aliphatic carbocycles. The van der Waals surface area contributed by atoms with Crippen LogP contribution in [0.2, 0.25) is 5.02 Å². The van der Waals surface area contributed by atoms with Crippen LogP contribution in [0.3, 0.4) is 0 Å². The molecule has 0 aromatic heterocycles. The van der Waals surface area contributed by atoms with Crippen molar-refractivity contribution in [2.75, 3.05) is 27.4 Å². The number of rotatable bonds is 6. The molecule has 1 aliphatic rings. The van der Waals surface area contributed by atoms with E-state index in [-0.39, 0.29) is 5.70 Å². The molecule has 9 heteroatoms. The van der Waals surface area contributed by atoms with Gasteiger partial charge in [-0.1, -0.05) is 11.6 Å². The van der Waals surface area contributed by atoms with E-state index in [4.69, 9.17) is 21.1 Å². The first-order chi connectivity index (χ1) is 11.9. The summed E-state index contributed by atoms with van der Waals surface area (Å²) >= 11 is 6.16. The smallest absolute Gasteiger partial charge is 0.329 e. The Hall–Kier alpha value is -2.74. The zero-order valence-electron chi connectivity index (χ0n) is 13.9. The lowest BCUT2D eigenvalue weighted by molar-refractivity contribution is -0.143. The molecule has 0 spiro atoms. The molecule has 1 aromatic carbocycles. The summed E-state index contributed by atoms with van der Waals surface area (Å²) in [6.07, 6.45) is 1.44. The van der Waals surface area contributed by atoms with Crippen LogP contribution < -0.4 is 14.8 Å². The van der Waals surface area contributed by atoms with Crippen LogP contribution in [0, 0.1) is 0 Å². The third kappa shape index (κ3) is 4.03. The van der Waals surface area contributed by atoms with E-state index in [1.165, 1.54) is 20.3 Å². The van der Waals surface area contributed by atoms with Crippen molar-refractivity contribution >= 4 is 35.6 Å². The van der Waals surface area contributed by atoms with Crippen molar-refractivity contribution in [3.05, 3.63) is 28.4 Å². The third-order valence-electron chi connectivity index (χ3n) is 3.32. The van der Waals surface area contributed by atoms with Crippen molar-refractivity contribution in [1.82, 2.24) is 10.2 Å². The normalized spacial score (nSPS) is 15.4. The predicted octanol–water partition coefficient (Wildman–Crippen LogP) is 1.81. The van der Waals surface area contributed by atoms with Gasteiger partial charge in [0, 0.05) is 0 Å². The second kappa shape index (κ2) is 7.89. The van der Waals surface area contributed by atoms with E-state index < -0.39 is 24.5 Å². The number of halogens is 1. The molecule has 134 valence electrons. The molecule has 0 atom stereocenters. The lowest BCUT2D eigenvalue weighted by Gasteiger charge is -2.12. The van der Waals surface area contributed by atoms with Crippen LogP contribution >= 0.6 is 11.6 Å². The van der Waals surface area contributed by atoms with E-state index in [2.05, 4.69) is 10.1 Å². The van der Waals surface area contributed by atoms with Crippen molar-refractivity contribution < 1.29 is 28.6 Å². The Kier molecular flexibility index (Phi) is 5.87. The lowest BCUT2D eigenvalue weighted by Crippen LogP contribution is -2.36. The minimum Gasteiger partial charge on any atom is -0.491 e. The third-order valence-corrected chi connectivity index (χ3v) is 3.60. The van der Waals surface area contributed by atoms with Crippen LogP contribution in [0.1, 0.15) is 12.5 Å². The minimum atomic E-state index is -0.703. The molecule has 1 fully saturated rings. The Labute approximate surface area is 149 Å². The fourth-order valence-electron chi connectivity index (χ4n) is 2.21. The lowest BCUT2D eigenvalue weighted by atomic mass is 10.1. The van der Waals surface area contributed by atoms with Gasteiger partial charge in [-0.25, -0.2) is 9.69 Å². The maximum absolute atomic E-state index is 12.3. The molecule has 8 nitrogen and oxygen atoms in total. The van der Waals surface area contributed by atoms with Crippen molar-refractivity contribution in [2.45, 2.75) is 6.92 Å². The summed E-state index contributed by atoms with van der Waals surface area (Å²) in [4.78, 5) is 36.2. The second-order valence-electron chi connectivity index (χ2n) is 4.92. The Balaban J connectivity index is 2.33. The number of carbonyl (C=O) groups excluding carboxylic acids is 3. The highest BCUT2D eigenvalue weighted by molar-refractivity contribution is 6.32. The van der Waals surface area contributed by atoms with Crippen LogP contribution in [0.25, 0.3) is 6.08 Å². The van der Waals surface area contributed by atoms with Gasteiger partial charge >= 0.3 is 12.0 Å². The SMILES string of the molecule is CCOc1cc(/C=C2/NC(=O)N(CC(=O)OC)C2=O)cc(Cl)c1OC. The van der Waals surface area contributed by atoms with Gasteiger partial charge in [0.15, 0.2) is 11.5 Å². The number of nitrogens with zero attached hydrogens (tertiary/aromatic N) is 1. The van der Waals surface area contributed by atoms with Gasteiger partial charge in [-0.05, 0) is 30.7 Å². The number of carbonyl (C=O) groups is 3. The maximum Gasteiger partial charge on any atom is 0.329 e. The first-order valence-electron chi connectivity index (χ1n) is 7.33. The Bertz CT molecular complexity index is 746. The van der Waals surface area contributed by atoms with E-state index in [1.807, 2.05) is 6.92 Å². The first-order valence-corrected chi connectivity index (χ1v) is 7.70. The quantitative estimate of drug-likeness (QED) is 0.467. The highest BCUT2D eigenvalue weighted by Gasteiger charge is 2.35. The van der Waals surface area contributed by atoms with Crippen molar-refractivity contribution in [1.29, 1.82) is 0 Å². The maximum atomic E-state index is 12.3. The monoisotopic (exact) mass is 368 g/mol. The number of urea groups is 1. The number of esters is 1. The molecule has 0 unspecified atom stereocenters. The Morgan fingerprint density at radius 1 is 1.32 bits per heavy atom. The van der Waals surface area contributed by atoms with E-state index in [9.17, 15) is 14.4 Å². The summed E-state index contributed by atoms with van der Waals surface area (Å²) in [7, 11) is 2.64. The average molecular weight is 369 g/mol. The molecule has 2 rings (SSSR count). The molecule has 1 aliphatic heterocycles.